The summed E-state index contributed by atoms with van der Waals surface area (Å²) in [7, 11) is -3.69. The van der Waals surface area contributed by atoms with Crippen LogP contribution >= 0.6 is 0 Å². The summed E-state index contributed by atoms with van der Waals surface area (Å²) < 4.78 is 43.9. The fraction of sp³-hybridized carbons (Fsp3) is 0.348. The monoisotopic (exact) mass is 441 g/mol. The first-order chi connectivity index (χ1) is 15.0. The second-order valence-corrected chi connectivity index (χ2v) is 9.74. The zero-order valence-corrected chi connectivity index (χ0v) is 17.8. The number of carbonyl (C=O) groups excluding carboxylic acids is 1. The number of ether oxygens (including phenoxy) is 2. The van der Waals surface area contributed by atoms with E-state index < -0.39 is 16.0 Å². The van der Waals surface area contributed by atoms with Crippen LogP contribution in [0.2, 0.25) is 0 Å². The fourth-order valence-electron chi connectivity index (χ4n) is 4.19. The molecule has 0 atom stereocenters. The first kappa shape index (κ1) is 20.2. The van der Waals surface area contributed by atoms with Gasteiger partial charge in [-0.3, -0.25) is 0 Å². The lowest BCUT2D eigenvalue weighted by atomic mass is 9.96. The number of fused-ring (bicyclic) bond motifs is 3. The summed E-state index contributed by atoms with van der Waals surface area (Å²) in [5.41, 5.74) is 2.17. The minimum Gasteiger partial charge on any atom is -0.461 e. The van der Waals surface area contributed by atoms with Gasteiger partial charge < -0.3 is 13.9 Å². The number of furan rings is 1. The predicted octanol–water partition coefficient (Wildman–Crippen LogP) is 3.55. The van der Waals surface area contributed by atoms with Gasteiger partial charge in [-0.1, -0.05) is 6.07 Å². The predicted molar refractivity (Wildman–Crippen MR) is 114 cm³/mol. The van der Waals surface area contributed by atoms with Gasteiger partial charge in [-0.2, -0.15) is 4.31 Å². The van der Waals surface area contributed by atoms with E-state index in [4.69, 9.17) is 13.9 Å². The zero-order valence-electron chi connectivity index (χ0n) is 17.0. The highest BCUT2D eigenvalue weighted by molar-refractivity contribution is 7.89. The Balaban J connectivity index is 1.39. The van der Waals surface area contributed by atoms with E-state index in [1.54, 1.807) is 18.2 Å². The van der Waals surface area contributed by atoms with Crippen LogP contribution in [0, 0.1) is 0 Å². The molecule has 8 heteroatoms. The third-order valence-electron chi connectivity index (χ3n) is 5.81. The molecule has 0 bridgehead atoms. The highest BCUT2D eigenvalue weighted by atomic mass is 32.2. The number of rotatable bonds is 4. The molecule has 3 aromatic rings. The Hall–Kier alpha value is -2.68. The molecule has 1 saturated heterocycles. The van der Waals surface area contributed by atoms with Gasteiger partial charge in [0, 0.05) is 30.5 Å². The minimum atomic E-state index is -3.69. The molecule has 0 spiro atoms. The summed E-state index contributed by atoms with van der Waals surface area (Å²) in [5.74, 6) is 0.828. The maximum atomic E-state index is 12.9. The Morgan fingerprint density at radius 1 is 1.00 bits per heavy atom. The van der Waals surface area contributed by atoms with Gasteiger partial charge in [-0.15, -0.1) is 0 Å². The number of esters is 1. The van der Waals surface area contributed by atoms with Crippen LogP contribution in [0.5, 0.6) is 5.75 Å². The topological polar surface area (TPSA) is 86.0 Å². The van der Waals surface area contributed by atoms with Gasteiger partial charge in [0.2, 0.25) is 10.0 Å². The van der Waals surface area contributed by atoms with Crippen LogP contribution in [-0.2, 0) is 27.6 Å². The molecule has 31 heavy (non-hydrogen) atoms. The molecule has 1 aliphatic carbocycles. The van der Waals surface area contributed by atoms with Gasteiger partial charge in [0.25, 0.3) is 0 Å². The molecular formula is C23H23NO6S. The number of nitrogens with zero attached hydrogens (tertiary/aromatic N) is 1. The van der Waals surface area contributed by atoms with Crippen molar-refractivity contribution in [3.63, 3.8) is 0 Å². The van der Waals surface area contributed by atoms with Crippen molar-refractivity contribution in [2.24, 2.45) is 0 Å². The minimum absolute atomic E-state index is 0.0724. The summed E-state index contributed by atoms with van der Waals surface area (Å²) >= 11 is 0. The quantitative estimate of drug-likeness (QED) is 0.455. The highest BCUT2D eigenvalue weighted by Crippen LogP contribution is 2.34. The summed E-state index contributed by atoms with van der Waals surface area (Å²) in [6.07, 6.45) is 4.14. The van der Waals surface area contributed by atoms with Crippen LogP contribution in [-0.4, -0.2) is 45.0 Å². The smallest absolute Gasteiger partial charge is 0.343 e. The Morgan fingerprint density at radius 3 is 2.65 bits per heavy atom. The van der Waals surface area contributed by atoms with Gasteiger partial charge in [-0.25, -0.2) is 13.2 Å². The first-order valence-corrected chi connectivity index (χ1v) is 11.9. The maximum absolute atomic E-state index is 12.9. The molecule has 0 radical (unpaired) electrons. The Kier molecular flexibility index (Phi) is 5.29. The van der Waals surface area contributed by atoms with Crippen LogP contribution in [0.15, 0.2) is 51.8 Å². The lowest BCUT2D eigenvalue weighted by molar-refractivity contribution is 0.0727. The first-order valence-electron chi connectivity index (χ1n) is 10.5. The van der Waals surface area contributed by atoms with Gasteiger partial charge in [0.15, 0.2) is 0 Å². The third kappa shape index (κ3) is 3.86. The Morgan fingerprint density at radius 2 is 1.81 bits per heavy atom. The number of morpholine rings is 1. The number of hydrogen-bond acceptors (Lipinski definition) is 6. The fourth-order valence-corrected chi connectivity index (χ4v) is 5.65. The van der Waals surface area contributed by atoms with Crippen molar-refractivity contribution in [3.8, 4) is 5.75 Å². The third-order valence-corrected chi connectivity index (χ3v) is 7.71. The van der Waals surface area contributed by atoms with E-state index in [1.165, 1.54) is 22.0 Å². The summed E-state index contributed by atoms with van der Waals surface area (Å²) in [6, 6.07) is 11.3. The van der Waals surface area contributed by atoms with Crippen molar-refractivity contribution >= 4 is 27.0 Å². The summed E-state index contributed by atoms with van der Waals surface area (Å²) in [6.45, 7) is 1.32. The molecule has 1 aliphatic heterocycles. The second-order valence-electron chi connectivity index (χ2n) is 7.80. The van der Waals surface area contributed by atoms with Crippen LogP contribution in [0.1, 0.15) is 34.5 Å². The van der Waals surface area contributed by atoms with Crippen LogP contribution in [0.25, 0.3) is 11.0 Å². The highest BCUT2D eigenvalue weighted by Gasteiger charge is 2.27. The number of carbonyl (C=O) groups is 1. The normalized spacial score (nSPS) is 17.4. The van der Waals surface area contributed by atoms with Gasteiger partial charge >= 0.3 is 5.97 Å². The van der Waals surface area contributed by atoms with Crippen molar-refractivity contribution in [2.75, 3.05) is 26.3 Å². The molecule has 2 heterocycles. The van der Waals surface area contributed by atoms with E-state index in [-0.39, 0.29) is 10.5 Å². The molecule has 0 amide bonds. The number of hydrogen-bond donors (Lipinski definition) is 0. The molecule has 0 saturated carbocycles. The Labute approximate surface area is 180 Å². The second kappa shape index (κ2) is 8.11. The van der Waals surface area contributed by atoms with Gasteiger partial charge in [-0.05, 0) is 55.7 Å². The van der Waals surface area contributed by atoms with Crippen molar-refractivity contribution in [1.82, 2.24) is 4.31 Å². The molecule has 1 aromatic heterocycles. The van der Waals surface area contributed by atoms with Crippen molar-refractivity contribution < 1.29 is 27.1 Å². The molecule has 5 rings (SSSR count). The van der Waals surface area contributed by atoms with Gasteiger partial charge in [0.05, 0.1) is 23.7 Å². The number of benzene rings is 2. The lowest BCUT2D eigenvalue weighted by Gasteiger charge is -2.26. The van der Waals surface area contributed by atoms with E-state index in [1.807, 2.05) is 12.1 Å². The number of sulfonamides is 1. The van der Waals surface area contributed by atoms with Crippen molar-refractivity contribution in [3.05, 3.63) is 59.4 Å². The molecule has 7 nitrogen and oxygen atoms in total. The largest absolute Gasteiger partial charge is 0.461 e. The molecule has 162 valence electrons. The van der Waals surface area contributed by atoms with Gasteiger partial charge in [0.1, 0.15) is 17.1 Å². The maximum Gasteiger partial charge on any atom is 0.343 e. The molecule has 2 aromatic carbocycles. The van der Waals surface area contributed by atoms with Crippen molar-refractivity contribution in [1.29, 1.82) is 0 Å². The Bertz CT molecular complexity index is 1240. The molecule has 0 unspecified atom stereocenters. The van der Waals surface area contributed by atoms with Crippen LogP contribution < -0.4 is 4.74 Å². The van der Waals surface area contributed by atoms with Crippen LogP contribution in [0.4, 0.5) is 0 Å². The zero-order chi connectivity index (χ0) is 21.4. The SMILES string of the molecule is O=C(Oc1ccc2oc3c(c2c1)CCCC3)c1cccc(S(=O)(=O)N2CCOCC2)c1. The van der Waals surface area contributed by atoms with E-state index in [0.717, 1.165) is 42.4 Å². The van der Waals surface area contributed by atoms with E-state index >= 15 is 0 Å². The average Bonchev–Trinajstić information content (AvgIpc) is 3.18. The molecule has 0 N–H and O–H groups in total. The average molecular weight is 442 g/mol. The van der Waals surface area contributed by atoms with E-state index in [0.29, 0.717) is 32.1 Å². The lowest BCUT2D eigenvalue weighted by Crippen LogP contribution is -2.40. The van der Waals surface area contributed by atoms with Crippen LogP contribution in [0.3, 0.4) is 0 Å². The molecule has 2 aliphatic rings. The molecule has 1 fully saturated rings. The summed E-state index contributed by atoms with van der Waals surface area (Å²) in [5, 5.41) is 0.976. The molecular weight excluding hydrogens is 418 g/mol. The number of aryl methyl sites for hydroxylation is 2. The van der Waals surface area contributed by atoms with Crippen molar-refractivity contribution in [2.45, 2.75) is 30.6 Å². The van der Waals surface area contributed by atoms with E-state index in [2.05, 4.69) is 0 Å². The van der Waals surface area contributed by atoms with E-state index in [9.17, 15) is 13.2 Å². The standard InChI is InChI=1S/C23H23NO6S/c25-23(16-4-3-5-18(14-16)31(26,27)24-10-12-28-13-11-24)29-17-8-9-22-20(15-17)19-6-1-2-7-21(19)30-22/h3-5,8-9,14-15H,1-2,6-7,10-13H2. The summed E-state index contributed by atoms with van der Waals surface area (Å²) in [4.78, 5) is 12.8.